The number of phosphoric acid groups is 1. The third kappa shape index (κ3) is 25.9. The number of likely N-dealkylation sites (N-methyl/N-ethyl adjacent to an activating group) is 1. The van der Waals surface area contributed by atoms with Gasteiger partial charge in [0.15, 0.2) is 0 Å². The molecule has 1 amide bonds. The number of carbonyl (C=O) groups excluding carboxylic acids is 1. The van der Waals surface area contributed by atoms with Gasteiger partial charge in [0.1, 0.15) is 13.2 Å². The predicted octanol–water partition coefficient (Wildman–Crippen LogP) is 7.07. The topological polar surface area (TPSA) is 105 Å². The van der Waals surface area contributed by atoms with Gasteiger partial charge in [0, 0.05) is 6.42 Å². The molecule has 0 saturated carbocycles. The molecule has 3 atom stereocenters. The summed E-state index contributed by atoms with van der Waals surface area (Å²) in [6, 6.07) is -0.852. The van der Waals surface area contributed by atoms with Crippen LogP contribution in [-0.2, 0) is 18.4 Å². The minimum Gasteiger partial charge on any atom is -0.387 e. The summed E-state index contributed by atoms with van der Waals surface area (Å²) in [5.41, 5.74) is 0. The van der Waals surface area contributed by atoms with Gasteiger partial charge < -0.3 is 19.8 Å². The number of phosphoric ester groups is 1. The van der Waals surface area contributed by atoms with Crippen molar-refractivity contribution in [3.8, 4) is 0 Å². The lowest BCUT2D eigenvalue weighted by Crippen LogP contribution is -2.45. The minimum absolute atomic E-state index is 0.0569. The molecule has 0 bridgehead atoms. The van der Waals surface area contributed by atoms with Crippen LogP contribution in [0.4, 0.5) is 0 Å². The Labute approximate surface area is 245 Å². The Balaban J connectivity index is 4.73. The van der Waals surface area contributed by atoms with Crippen molar-refractivity contribution in [2.24, 2.45) is 0 Å². The second-order valence-electron chi connectivity index (χ2n) is 11.8. The Morgan fingerprint density at radius 1 is 0.825 bits per heavy atom. The highest BCUT2D eigenvalue weighted by Gasteiger charge is 2.27. The van der Waals surface area contributed by atoms with Gasteiger partial charge in [-0.05, 0) is 32.1 Å². The molecule has 0 fully saturated rings. The van der Waals surface area contributed by atoms with E-state index in [1.54, 1.807) is 6.08 Å². The highest BCUT2D eigenvalue weighted by molar-refractivity contribution is 7.47. The van der Waals surface area contributed by atoms with E-state index in [0.717, 1.165) is 38.5 Å². The van der Waals surface area contributed by atoms with E-state index in [2.05, 4.69) is 31.3 Å². The van der Waals surface area contributed by atoms with Crippen molar-refractivity contribution in [1.82, 2.24) is 5.32 Å². The average Bonchev–Trinajstić information content (AvgIpc) is 2.88. The Morgan fingerprint density at radius 3 is 2.00 bits per heavy atom. The molecule has 0 aliphatic heterocycles. The maximum atomic E-state index is 12.6. The summed E-state index contributed by atoms with van der Waals surface area (Å²) in [5.74, 6) is -0.197. The quantitative estimate of drug-likeness (QED) is 0.0410. The van der Waals surface area contributed by atoms with E-state index in [9.17, 15) is 19.4 Å². The molecule has 0 heterocycles. The summed E-state index contributed by atoms with van der Waals surface area (Å²) >= 11 is 0. The first kappa shape index (κ1) is 39.0. The van der Waals surface area contributed by atoms with Crippen LogP contribution in [0.25, 0.3) is 0 Å². The lowest BCUT2D eigenvalue weighted by molar-refractivity contribution is -0.870. The van der Waals surface area contributed by atoms with Crippen LogP contribution in [0.1, 0.15) is 117 Å². The highest BCUT2D eigenvalue weighted by atomic mass is 31.2. The van der Waals surface area contributed by atoms with Crippen molar-refractivity contribution >= 4 is 13.7 Å². The van der Waals surface area contributed by atoms with Crippen LogP contribution < -0.4 is 5.32 Å². The van der Waals surface area contributed by atoms with Gasteiger partial charge in [-0.1, -0.05) is 102 Å². The van der Waals surface area contributed by atoms with E-state index in [-0.39, 0.29) is 19.1 Å². The standard InChI is InChI=1S/C31H61N2O6P/c1-6-8-10-12-14-16-18-20-22-24-30(34)29(28-39-40(36,37)38-27-26-33(3,4)5)32-31(35)25-23-21-19-17-15-13-11-9-7-2/h14,16,22,24,29-30,34H,6-13,15,17-21,23,25-28H2,1-5H3,(H-,32,35,36,37)/p+1/b16-14+,24-22+/t29-,30+/m0/s1. The van der Waals surface area contributed by atoms with Crippen molar-refractivity contribution in [3.05, 3.63) is 24.3 Å². The Kier molecular flexibility index (Phi) is 23.9. The van der Waals surface area contributed by atoms with Gasteiger partial charge >= 0.3 is 7.82 Å². The molecule has 0 aromatic heterocycles. The predicted molar refractivity (Wildman–Crippen MR) is 166 cm³/mol. The third-order valence-electron chi connectivity index (χ3n) is 6.67. The average molecular weight is 590 g/mol. The maximum absolute atomic E-state index is 12.6. The van der Waals surface area contributed by atoms with Crippen LogP contribution in [0.2, 0.25) is 0 Å². The number of nitrogens with zero attached hydrogens (tertiary/aromatic N) is 1. The number of amides is 1. The Hall–Kier alpha value is -1.02. The second kappa shape index (κ2) is 24.6. The molecule has 0 aliphatic carbocycles. The number of rotatable bonds is 27. The van der Waals surface area contributed by atoms with Gasteiger partial charge in [-0.15, -0.1) is 0 Å². The summed E-state index contributed by atoms with van der Waals surface area (Å²) in [6.45, 7) is 4.67. The zero-order valence-corrected chi connectivity index (χ0v) is 27.2. The van der Waals surface area contributed by atoms with Crippen molar-refractivity contribution in [2.75, 3.05) is 40.9 Å². The lowest BCUT2D eigenvalue weighted by Gasteiger charge is -2.25. The van der Waals surface area contributed by atoms with Gasteiger partial charge in [0.25, 0.3) is 0 Å². The first-order chi connectivity index (χ1) is 19.0. The minimum atomic E-state index is -4.32. The Bertz CT molecular complexity index is 723. The molecule has 236 valence electrons. The number of hydrogen-bond acceptors (Lipinski definition) is 5. The number of aliphatic hydroxyl groups excluding tert-OH is 1. The zero-order valence-electron chi connectivity index (χ0n) is 26.3. The first-order valence-corrected chi connectivity index (χ1v) is 17.2. The number of hydrogen-bond donors (Lipinski definition) is 3. The molecular weight excluding hydrogens is 527 g/mol. The van der Waals surface area contributed by atoms with Crippen LogP contribution in [0.3, 0.4) is 0 Å². The van der Waals surface area contributed by atoms with Crippen molar-refractivity contribution < 1.29 is 32.9 Å². The summed E-state index contributed by atoms with van der Waals surface area (Å²) < 4.78 is 23.2. The molecule has 0 spiro atoms. The molecule has 0 aromatic carbocycles. The highest BCUT2D eigenvalue weighted by Crippen LogP contribution is 2.43. The van der Waals surface area contributed by atoms with E-state index in [1.165, 1.54) is 57.8 Å². The normalized spacial score (nSPS) is 15.5. The van der Waals surface area contributed by atoms with E-state index in [0.29, 0.717) is 17.4 Å². The number of aliphatic hydroxyl groups is 1. The summed E-state index contributed by atoms with van der Waals surface area (Å²) in [7, 11) is 1.55. The van der Waals surface area contributed by atoms with E-state index in [1.807, 2.05) is 27.2 Å². The molecule has 0 radical (unpaired) electrons. The molecule has 1 unspecified atom stereocenters. The van der Waals surface area contributed by atoms with E-state index < -0.39 is 20.0 Å². The van der Waals surface area contributed by atoms with Gasteiger partial charge in [0.05, 0.1) is 39.9 Å². The SMILES string of the molecule is CCCCC/C=C/CC/C=C/[C@@H](O)[C@H](COP(=O)(O)OCC[N+](C)(C)C)NC(=O)CCCCCCCCCCC. The monoisotopic (exact) mass is 589 g/mol. The second-order valence-corrected chi connectivity index (χ2v) is 13.3. The number of carbonyl (C=O) groups is 1. The first-order valence-electron chi connectivity index (χ1n) is 15.7. The van der Waals surface area contributed by atoms with Gasteiger partial charge in [0.2, 0.25) is 5.91 Å². The molecule has 0 saturated heterocycles. The third-order valence-corrected chi connectivity index (χ3v) is 7.66. The van der Waals surface area contributed by atoms with Crippen LogP contribution in [-0.4, -0.2) is 73.4 Å². The molecule has 0 aromatic rings. The fraction of sp³-hybridized carbons (Fsp3) is 0.839. The van der Waals surface area contributed by atoms with Gasteiger partial charge in [-0.3, -0.25) is 13.8 Å². The summed E-state index contributed by atoms with van der Waals surface area (Å²) in [5, 5.41) is 13.6. The molecule has 8 nitrogen and oxygen atoms in total. The van der Waals surface area contributed by atoms with Crippen molar-refractivity contribution in [1.29, 1.82) is 0 Å². The number of nitrogens with one attached hydrogen (secondary N) is 1. The van der Waals surface area contributed by atoms with Crippen LogP contribution in [0.15, 0.2) is 24.3 Å². The Morgan fingerprint density at radius 2 is 1.38 bits per heavy atom. The van der Waals surface area contributed by atoms with Crippen molar-refractivity contribution in [3.63, 3.8) is 0 Å². The largest absolute Gasteiger partial charge is 0.472 e. The maximum Gasteiger partial charge on any atom is 0.472 e. The van der Waals surface area contributed by atoms with Gasteiger partial charge in [-0.2, -0.15) is 0 Å². The zero-order chi connectivity index (χ0) is 30.1. The van der Waals surface area contributed by atoms with Crippen LogP contribution in [0.5, 0.6) is 0 Å². The smallest absolute Gasteiger partial charge is 0.387 e. The molecule has 0 aliphatic rings. The number of quaternary nitrogens is 1. The van der Waals surface area contributed by atoms with E-state index >= 15 is 0 Å². The fourth-order valence-electron chi connectivity index (χ4n) is 4.05. The summed E-state index contributed by atoms with van der Waals surface area (Å²) in [4.78, 5) is 22.7. The molecule has 0 rings (SSSR count). The van der Waals surface area contributed by atoms with Gasteiger partial charge in [-0.25, -0.2) is 4.57 Å². The van der Waals surface area contributed by atoms with E-state index in [4.69, 9.17) is 9.05 Å². The molecule has 9 heteroatoms. The number of unbranched alkanes of at least 4 members (excludes halogenated alkanes) is 12. The van der Waals surface area contributed by atoms with Crippen LogP contribution in [0, 0.1) is 0 Å². The molecule has 40 heavy (non-hydrogen) atoms. The van der Waals surface area contributed by atoms with Crippen molar-refractivity contribution in [2.45, 2.75) is 129 Å². The fourth-order valence-corrected chi connectivity index (χ4v) is 4.79. The number of allylic oxidation sites excluding steroid dienone is 3. The lowest BCUT2D eigenvalue weighted by atomic mass is 10.1. The molecule has 3 N–H and O–H groups in total. The molecular formula is C31H62N2O6P+. The van der Waals surface area contributed by atoms with Crippen LogP contribution >= 0.6 is 7.82 Å². The summed E-state index contributed by atoms with van der Waals surface area (Å²) in [6.07, 6.45) is 24.0.